The minimum atomic E-state index is -0.506. The van der Waals surface area contributed by atoms with Gasteiger partial charge in [0.15, 0.2) is 17.3 Å². The number of methoxy groups -OCH3 is 3. The number of Topliss-reactive ketones (excluding diaryl/α,β-unsaturated/α-hetero) is 1. The molecule has 0 spiro atoms. The topological polar surface area (TPSA) is 83.1 Å². The van der Waals surface area contributed by atoms with Gasteiger partial charge in [0.05, 0.1) is 33.5 Å². The Morgan fingerprint density at radius 3 is 2.29 bits per heavy atom. The summed E-state index contributed by atoms with van der Waals surface area (Å²) < 4.78 is 21.5. The zero-order valence-corrected chi connectivity index (χ0v) is 20.8. The number of hydrogen-bond donors (Lipinski definition) is 1. The van der Waals surface area contributed by atoms with Crippen molar-refractivity contribution in [1.82, 2.24) is 5.32 Å². The second-order valence-corrected chi connectivity index (χ2v) is 8.63. The first kappa shape index (κ1) is 24.4. The largest absolute Gasteiger partial charge is 0.494 e. The molecule has 1 heterocycles. The summed E-state index contributed by atoms with van der Waals surface area (Å²) in [4.78, 5) is 26.5. The highest BCUT2D eigenvalue weighted by Crippen LogP contribution is 2.46. The van der Waals surface area contributed by atoms with Gasteiger partial charge >= 0.3 is 5.97 Å². The molecule has 1 aliphatic carbocycles. The fourth-order valence-corrected chi connectivity index (χ4v) is 5.02. The molecule has 0 aromatic heterocycles. The molecule has 2 unspecified atom stereocenters. The molecular weight excluding hydrogens is 446 g/mol. The van der Waals surface area contributed by atoms with Gasteiger partial charge in [-0.2, -0.15) is 0 Å². The van der Waals surface area contributed by atoms with Crippen LogP contribution in [0.25, 0.3) is 0 Å². The summed E-state index contributed by atoms with van der Waals surface area (Å²) in [7, 11) is 4.55. The van der Waals surface area contributed by atoms with Crippen LogP contribution >= 0.6 is 0 Å². The average Bonchev–Trinajstić information content (AvgIpc) is 2.87. The SMILES string of the molecule is CCOc1ccc(C2C(C(=O)OC)=C(C)NC3=C2C(=O)CC(c2ccc(OC)c(OC)c2)C3)cc1. The van der Waals surface area contributed by atoms with E-state index >= 15 is 0 Å². The van der Waals surface area contributed by atoms with Crippen LogP contribution in [0.1, 0.15) is 49.7 Å². The Morgan fingerprint density at radius 1 is 0.971 bits per heavy atom. The molecule has 0 fully saturated rings. The van der Waals surface area contributed by atoms with Crippen molar-refractivity contribution in [2.75, 3.05) is 27.9 Å². The van der Waals surface area contributed by atoms with E-state index in [-0.39, 0.29) is 11.7 Å². The van der Waals surface area contributed by atoms with Crippen molar-refractivity contribution < 1.29 is 28.5 Å². The van der Waals surface area contributed by atoms with Crippen molar-refractivity contribution >= 4 is 11.8 Å². The quantitative estimate of drug-likeness (QED) is 0.582. The number of allylic oxidation sites excluding steroid dienone is 3. The maximum Gasteiger partial charge on any atom is 0.336 e. The van der Waals surface area contributed by atoms with E-state index in [0.717, 1.165) is 22.6 Å². The number of hydrogen-bond acceptors (Lipinski definition) is 7. The summed E-state index contributed by atoms with van der Waals surface area (Å²) in [5, 5.41) is 3.35. The van der Waals surface area contributed by atoms with Crippen molar-refractivity contribution in [3.05, 3.63) is 76.1 Å². The Balaban J connectivity index is 1.75. The molecule has 4 rings (SSSR count). The number of dihydropyridines is 1. The first-order valence-corrected chi connectivity index (χ1v) is 11.7. The van der Waals surface area contributed by atoms with E-state index in [1.165, 1.54) is 7.11 Å². The molecular formula is C28H31NO6. The molecule has 2 aliphatic rings. The number of nitrogens with one attached hydrogen (secondary N) is 1. The normalized spacial score (nSPS) is 19.6. The maximum atomic E-state index is 13.7. The van der Waals surface area contributed by atoms with Crippen LogP contribution in [0.5, 0.6) is 17.2 Å². The minimum absolute atomic E-state index is 0.00585. The molecule has 0 radical (unpaired) electrons. The third-order valence-corrected chi connectivity index (χ3v) is 6.64. The highest BCUT2D eigenvalue weighted by atomic mass is 16.5. The van der Waals surface area contributed by atoms with Crippen molar-refractivity contribution in [1.29, 1.82) is 0 Å². The second-order valence-electron chi connectivity index (χ2n) is 8.63. The van der Waals surface area contributed by atoms with Crippen molar-refractivity contribution in [3.8, 4) is 17.2 Å². The van der Waals surface area contributed by atoms with Crippen LogP contribution < -0.4 is 19.5 Å². The van der Waals surface area contributed by atoms with Crippen LogP contribution in [-0.2, 0) is 14.3 Å². The molecule has 2 aromatic carbocycles. The van der Waals surface area contributed by atoms with Crippen molar-refractivity contribution in [3.63, 3.8) is 0 Å². The number of ketones is 1. The molecule has 0 saturated heterocycles. The van der Waals surface area contributed by atoms with Crippen LogP contribution in [0.4, 0.5) is 0 Å². The van der Waals surface area contributed by atoms with Crippen molar-refractivity contribution in [2.24, 2.45) is 0 Å². The second kappa shape index (κ2) is 10.3. The molecule has 2 atom stereocenters. The van der Waals surface area contributed by atoms with Gasteiger partial charge in [-0.15, -0.1) is 0 Å². The molecule has 7 heteroatoms. The third-order valence-electron chi connectivity index (χ3n) is 6.64. The zero-order chi connectivity index (χ0) is 25.1. The number of rotatable bonds is 7. The van der Waals surface area contributed by atoms with E-state index in [0.29, 0.717) is 47.8 Å². The van der Waals surface area contributed by atoms with E-state index < -0.39 is 11.9 Å². The van der Waals surface area contributed by atoms with Gasteiger partial charge in [-0.05, 0) is 61.6 Å². The summed E-state index contributed by atoms with van der Waals surface area (Å²) in [5.74, 6) is 1.04. The van der Waals surface area contributed by atoms with Gasteiger partial charge in [0.1, 0.15) is 5.75 Å². The van der Waals surface area contributed by atoms with Crippen LogP contribution in [0.2, 0.25) is 0 Å². The highest BCUT2D eigenvalue weighted by Gasteiger charge is 2.41. The van der Waals surface area contributed by atoms with E-state index in [9.17, 15) is 9.59 Å². The molecule has 7 nitrogen and oxygen atoms in total. The first-order valence-electron chi connectivity index (χ1n) is 11.7. The number of benzene rings is 2. The molecule has 35 heavy (non-hydrogen) atoms. The Hall–Kier alpha value is -3.74. The van der Waals surface area contributed by atoms with Gasteiger partial charge in [0.2, 0.25) is 0 Å². The molecule has 0 bridgehead atoms. The van der Waals surface area contributed by atoms with Crippen LogP contribution in [0.3, 0.4) is 0 Å². The number of carbonyl (C=O) groups excluding carboxylic acids is 2. The van der Waals surface area contributed by atoms with Gasteiger partial charge in [-0.1, -0.05) is 18.2 Å². The number of ether oxygens (including phenoxy) is 4. The summed E-state index contributed by atoms with van der Waals surface area (Å²) >= 11 is 0. The molecule has 1 aliphatic heterocycles. The lowest BCUT2D eigenvalue weighted by Crippen LogP contribution is -2.36. The Bertz CT molecular complexity index is 1190. The Morgan fingerprint density at radius 2 is 1.66 bits per heavy atom. The summed E-state index contributed by atoms with van der Waals surface area (Å²) in [6, 6.07) is 13.3. The monoisotopic (exact) mass is 477 g/mol. The van der Waals surface area contributed by atoms with Gasteiger partial charge < -0.3 is 24.3 Å². The fourth-order valence-electron chi connectivity index (χ4n) is 5.02. The van der Waals surface area contributed by atoms with E-state index in [4.69, 9.17) is 18.9 Å². The number of carbonyl (C=O) groups is 2. The lowest BCUT2D eigenvalue weighted by Gasteiger charge is -2.36. The first-order chi connectivity index (χ1) is 16.9. The lowest BCUT2D eigenvalue weighted by molar-refractivity contribution is -0.136. The molecule has 0 amide bonds. The average molecular weight is 478 g/mol. The van der Waals surface area contributed by atoms with Crippen LogP contribution in [0, 0.1) is 0 Å². The Labute approximate surface area is 205 Å². The molecule has 2 aromatic rings. The highest BCUT2D eigenvalue weighted by molar-refractivity contribution is 6.04. The zero-order valence-electron chi connectivity index (χ0n) is 20.8. The predicted molar refractivity (Wildman–Crippen MR) is 132 cm³/mol. The van der Waals surface area contributed by atoms with Crippen molar-refractivity contribution in [2.45, 2.75) is 38.5 Å². The van der Waals surface area contributed by atoms with Gasteiger partial charge in [-0.3, -0.25) is 4.79 Å². The van der Waals surface area contributed by atoms with Crippen LogP contribution in [0.15, 0.2) is 65.0 Å². The molecule has 1 N–H and O–H groups in total. The van der Waals surface area contributed by atoms with Gasteiger partial charge in [0.25, 0.3) is 0 Å². The molecule has 0 saturated carbocycles. The predicted octanol–water partition coefficient (Wildman–Crippen LogP) is 4.64. The van der Waals surface area contributed by atoms with Gasteiger partial charge in [-0.25, -0.2) is 4.79 Å². The third kappa shape index (κ3) is 4.63. The summed E-state index contributed by atoms with van der Waals surface area (Å²) in [6.45, 7) is 4.33. The lowest BCUT2D eigenvalue weighted by atomic mass is 9.71. The van der Waals surface area contributed by atoms with E-state index in [1.54, 1.807) is 14.2 Å². The smallest absolute Gasteiger partial charge is 0.336 e. The Kier molecular flexibility index (Phi) is 7.15. The van der Waals surface area contributed by atoms with Crippen LogP contribution in [-0.4, -0.2) is 39.7 Å². The summed E-state index contributed by atoms with van der Waals surface area (Å²) in [6.07, 6.45) is 0.965. The van der Waals surface area contributed by atoms with E-state index in [2.05, 4.69) is 5.32 Å². The van der Waals surface area contributed by atoms with Gasteiger partial charge in [0, 0.05) is 29.3 Å². The standard InChI is InChI=1S/C28H31NO6/c1-6-35-20-10-7-17(8-11-20)26-25(28(31)34-5)16(2)29-21-13-19(14-22(30)27(21)26)18-9-12-23(32-3)24(15-18)33-4/h7-12,15,19,26,29H,6,13-14H2,1-5H3. The minimum Gasteiger partial charge on any atom is -0.494 e. The number of esters is 1. The van der Waals surface area contributed by atoms with E-state index in [1.807, 2.05) is 56.3 Å². The molecule has 184 valence electrons. The fraction of sp³-hybridized carbons (Fsp3) is 0.357. The maximum absolute atomic E-state index is 13.7. The summed E-state index contributed by atoms with van der Waals surface area (Å²) in [5.41, 5.74) is 4.45.